The van der Waals surface area contributed by atoms with Crippen LogP contribution in [0.4, 0.5) is 0 Å². The zero-order valence-corrected chi connectivity index (χ0v) is 15.8. The number of para-hydroxylation sites is 1. The molecule has 0 unspecified atom stereocenters. The summed E-state index contributed by atoms with van der Waals surface area (Å²) in [6, 6.07) is 14.3. The summed E-state index contributed by atoms with van der Waals surface area (Å²) >= 11 is 0. The first-order valence-electron chi connectivity index (χ1n) is 8.56. The van der Waals surface area contributed by atoms with Crippen LogP contribution < -0.4 is 14.8 Å². The van der Waals surface area contributed by atoms with Crippen molar-refractivity contribution in [2.24, 2.45) is 4.99 Å². The number of fused-ring (bicyclic) bond motifs is 1. The molecule has 27 heavy (non-hydrogen) atoms. The van der Waals surface area contributed by atoms with Gasteiger partial charge in [0.1, 0.15) is 11.6 Å². The van der Waals surface area contributed by atoms with Crippen molar-refractivity contribution in [3.05, 3.63) is 59.7 Å². The molecule has 8 heteroatoms. The number of ether oxygens (including phenoxy) is 1. The monoisotopic (exact) mass is 387 g/mol. The minimum atomic E-state index is -3.55. The van der Waals surface area contributed by atoms with Crippen molar-refractivity contribution < 1.29 is 17.9 Å². The number of sulfonamides is 1. The molecule has 0 radical (unpaired) electrons. The van der Waals surface area contributed by atoms with E-state index in [0.717, 1.165) is 11.3 Å². The van der Waals surface area contributed by atoms with Gasteiger partial charge in [0.05, 0.1) is 18.6 Å². The molecule has 0 fully saturated rings. The molecule has 1 aliphatic heterocycles. The Morgan fingerprint density at radius 3 is 2.70 bits per heavy atom. The molecule has 7 nitrogen and oxygen atoms in total. The SMILES string of the molecule is COc1ccccc1CCNC(=O)CCN=C1NS(=O)(=O)c2ccccc21. The average molecular weight is 387 g/mol. The van der Waals surface area contributed by atoms with E-state index < -0.39 is 10.0 Å². The standard InChI is InChI=1S/C19H21N3O4S/c1-26-16-8-4-2-6-14(16)10-12-20-18(23)11-13-21-19-15-7-3-5-9-17(15)27(24,25)22-19/h2-9H,10-13H2,1H3,(H,20,23)(H,21,22). The van der Waals surface area contributed by atoms with Gasteiger partial charge >= 0.3 is 0 Å². The second-order valence-corrected chi connectivity index (χ2v) is 7.64. The first-order valence-corrected chi connectivity index (χ1v) is 10.0. The maximum atomic E-state index is 12.0. The quantitative estimate of drug-likeness (QED) is 0.752. The predicted octanol–water partition coefficient (Wildman–Crippen LogP) is 1.48. The van der Waals surface area contributed by atoms with Crippen molar-refractivity contribution >= 4 is 21.8 Å². The van der Waals surface area contributed by atoms with E-state index in [1.807, 2.05) is 24.3 Å². The molecule has 3 rings (SSSR count). The van der Waals surface area contributed by atoms with Gasteiger partial charge in [0.2, 0.25) is 5.91 Å². The van der Waals surface area contributed by atoms with E-state index >= 15 is 0 Å². The van der Waals surface area contributed by atoms with Gasteiger partial charge in [-0.2, -0.15) is 0 Å². The largest absolute Gasteiger partial charge is 0.496 e. The van der Waals surface area contributed by atoms with Crippen molar-refractivity contribution in [1.82, 2.24) is 10.0 Å². The summed E-state index contributed by atoms with van der Waals surface area (Å²) in [5, 5.41) is 2.84. The Kier molecular flexibility index (Phi) is 5.75. The smallest absolute Gasteiger partial charge is 0.263 e. The maximum Gasteiger partial charge on any atom is 0.263 e. The molecule has 1 aliphatic rings. The van der Waals surface area contributed by atoms with Gasteiger partial charge in [-0.1, -0.05) is 30.3 Å². The van der Waals surface area contributed by atoms with E-state index in [4.69, 9.17) is 4.74 Å². The van der Waals surface area contributed by atoms with E-state index in [2.05, 4.69) is 15.0 Å². The lowest BCUT2D eigenvalue weighted by Gasteiger charge is -2.08. The Bertz CT molecular complexity index is 970. The number of hydrogen-bond donors (Lipinski definition) is 2. The van der Waals surface area contributed by atoms with Crippen molar-refractivity contribution in [3.63, 3.8) is 0 Å². The van der Waals surface area contributed by atoms with Crippen molar-refractivity contribution in [2.75, 3.05) is 20.2 Å². The van der Waals surface area contributed by atoms with Crippen LogP contribution >= 0.6 is 0 Å². The summed E-state index contributed by atoms with van der Waals surface area (Å²) < 4.78 is 31.7. The fraction of sp³-hybridized carbons (Fsp3) is 0.263. The molecule has 0 bridgehead atoms. The van der Waals surface area contributed by atoms with E-state index in [-0.39, 0.29) is 29.6 Å². The minimum absolute atomic E-state index is 0.136. The molecule has 0 saturated heterocycles. The molecule has 0 aromatic heterocycles. The summed E-state index contributed by atoms with van der Waals surface area (Å²) in [7, 11) is -1.93. The molecule has 0 aliphatic carbocycles. The van der Waals surface area contributed by atoms with Gasteiger partial charge < -0.3 is 10.1 Å². The lowest BCUT2D eigenvalue weighted by molar-refractivity contribution is -0.120. The highest BCUT2D eigenvalue weighted by molar-refractivity contribution is 7.90. The molecule has 2 aromatic rings. The molecule has 142 valence electrons. The number of amides is 1. The Morgan fingerprint density at radius 1 is 1.15 bits per heavy atom. The third-order valence-corrected chi connectivity index (χ3v) is 5.58. The first-order chi connectivity index (χ1) is 13.0. The van der Waals surface area contributed by atoms with Crippen LogP contribution in [0.15, 0.2) is 58.4 Å². The Morgan fingerprint density at radius 2 is 1.89 bits per heavy atom. The minimum Gasteiger partial charge on any atom is -0.496 e. The average Bonchev–Trinajstić information content (AvgIpc) is 2.93. The van der Waals surface area contributed by atoms with Gasteiger partial charge in [0, 0.05) is 18.5 Å². The van der Waals surface area contributed by atoms with Crippen molar-refractivity contribution in [2.45, 2.75) is 17.7 Å². The van der Waals surface area contributed by atoms with Gasteiger partial charge in [0.15, 0.2) is 0 Å². The first kappa shape index (κ1) is 18.9. The van der Waals surface area contributed by atoms with Gasteiger partial charge in [-0.25, -0.2) is 8.42 Å². The number of aliphatic imine (C=N–C) groups is 1. The number of rotatable bonds is 7. The topological polar surface area (TPSA) is 96.9 Å². The van der Waals surface area contributed by atoms with Gasteiger partial charge in [-0.3, -0.25) is 14.5 Å². The molecule has 1 amide bonds. The molecule has 0 atom stereocenters. The lowest BCUT2D eigenvalue weighted by atomic mass is 10.1. The Hall–Kier alpha value is -2.87. The zero-order valence-electron chi connectivity index (χ0n) is 14.9. The number of methoxy groups -OCH3 is 1. The van der Waals surface area contributed by atoms with Crippen molar-refractivity contribution in [3.8, 4) is 5.75 Å². The van der Waals surface area contributed by atoms with Crippen LogP contribution in [0.3, 0.4) is 0 Å². The Balaban J connectivity index is 1.50. The highest BCUT2D eigenvalue weighted by Crippen LogP contribution is 2.22. The van der Waals surface area contributed by atoms with Crippen LogP contribution in [0.1, 0.15) is 17.5 Å². The molecule has 0 saturated carbocycles. The number of hydrogen-bond acceptors (Lipinski definition) is 5. The second kappa shape index (κ2) is 8.22. The summed E-state index contributed by atoms with van der Waals surface area (Å²) in [4.78, 5) is 16.4. The summed E-state index contributed by atoms with van der Waals surface area (Å²) in [5.41, 5.74) is 1.56. The summed E-state index contributed by atoms with van der Waals surface area (Å²) in [6.07, 6.45) is 0.844. The number of amidine groups is 1. The van der Waals surface area contributed by atoms with Gasteiger partial charge in [0.25, 0.3) is 10.0 Å². The lowest BCUT2D eigenvalue weighted by Crippen LogP contribution is -2.27. The summed E-state index contributed by atoms with van der Waals surface area (Å²) in [6.45, 7) is 0.692. The third kappa shape index (κ3) is 4.46. The highest BCUT2D eigenvalue weighted by atomic mass is 32.2. The highest BCUT2D eigenvalue weighted by Gasteiger charge is 2.29. The molecule has 2 N–H and O–H groups in total. The number of benzene rings is 2. The Labute approximate surface area is 158 Å². The number of nitrogens with zero attached hydrogens (tertiary/aromatic N) is 1. The third-order valence-electron chi connectivity index (χ3n) is 4.18. The zero-order chi connectivity index (χ0) is 19.3. The van der Waals surface area contributed by atoms with E-state index in [0.29, 0.717) is 18.5 Å². The number of nitrogens with one attached hydrogen (secondary N) is 2. The predicted molar refractivity (Wildman–Crippen MR) is 102 cm³/mol. The van der Waals surface area contributed by atoms with Gasteiger partial charge in [-0.05, 0) is 30.2 Å². The normalized spacial score (nSPS) is 15.8. The molecule has 1 heterocycles. The molecular weight excluding hydrogens is 366 g/mol. The van der Waals surface area contributed by atoms with E-state index in [9.17, 15) is 13.2 Å². The van der Waals surface area contributed by atoms with E-state index in [1.54, 1.807) is 25.3 Å². The van der Waals surface area contributed by atoms with E-state index in [1.165, 1.54) is 6.07 Å². The number of carbonyl (C=O) groups excluding carboxylic acids is 1. The van der Waals surface area contributed by atoms with Crippen LogP contribution in [-0.4, -0.2) is 40.4 Å². The number of carbonyl (C=O) groups is 1. The van der Waals surface area contributed by atoms with Gasteiger partial charge in [-0.15, -0.1) is 0 Å². The fourth-order valence-electron chi connectivity index (χ4n) is 2.86. The van der Waals surface area contributed by atoms with Crippen LogP contribution in [0, 0.1) is 0 Å². The maximum absolute atomic E-state index is 12.0. The van der Waals surface area contributed by atoms with Crippen LogP contribution in [-0.2, 0) is 21.2 Å². The fourth-order valence-corrected chi connectivity index (χ4v) is 4.11. The van der Waals surface area contributed by atoms with Crippen LogP contribution in [0.5, 0.6) is 5.75 Å². The second-order valence-electron chi connectivity index (χ2n) is 5.99. The summed E-state index contributed by atoms with van der Waals surface area (Å²) in [5.74, 6) is 0.946. The van der Waals surface area contributed by atoms with Crippen LogP contribution in [0.25, 0.3) is 0 Å². The molecule has 0 spiro atoms. The van der Waals surface area contributed by atoms with Crippen molar-refractivity contribution in [1.29, 1.82) is 0 Å². The van der Waals surface area contributed by atoms with Crippen LogP contribution in [0.2, 0.25) is 0 Å². The molecular formula is C19H21N3O4S. The molecule has 2 aromatic carbocycles.